The molecule has 0 rings (SSSR count). The van der Waals surface area contributed by atoms with Crippen molar-refractivity contribution in [2.45, 2.75) is 13.8 Å². The van der Waals surface area contributed by atoms with Crippen molar-refractivity contribution >= 4 is 5.97 Å². The number of hydrogen-bond donors (Lipinski definition) is 0. The predicted molar refractivity (Wildman–Crippen MR) is 62.4 cm³/mol. The van der Waals surface area contributed by atoms with Gasteiger partial charge in [0.05, 0.1) is 6.61 Å². The molecular formula is C12H19NO2. The van der Waals surface area contributed by atoms with Crippen LogP contribution in [-0.2, 0) is 9.53 Å². The van der Waals surface area contributed by atoms with Crippen LogP contribution in [0.5, 0.6) is 0 Å². The SMILES string of the molecule is C=CCN(CC=C)/C(C)=C\C(=O)OCC. The lowest BCUT2D eigenvalue weighted by Gasteiger charge is -2.21. The Kier molecular flexibility index (Phi) is 7.06. The summed E-state index contributed by atoms with van der Waals surface area (Å²) in [5.74, 6) is -0.312. The van der Waals surface area contributed by atoms with E-state index in [2.05, 4.69) is 13.2 Å². The van der Waals surface area contributed by atoms with Crippen molar-refractivity contribution in [3.05, 3.63) is 37.1 Å². The van der Waals surface area contributed by atoms with Crippen molar-refractivity contribution < 1.29 is 9.53 Å². The number of carbonyl (C=O) groups excluding carboxylic acids is 1. The highest BCUT2D eigenvalue weighted by atomic mass is 16.5. The van der Waals surface area contributed by atoms with Crippen molar-refractivity contribution in [3.8, 4) is 0 Å². The Morgan fingerprint density at radius 2 is 1.87 bits per heavy atom. The van der Waals surface area contributed by atoms with Gasteiger partial charge in [0, 0.05) is 24.9 Å². The normalized spacial score (nSPS) is 10.7. The van der Waals surface area contributed by atoms with Crippen LogP contribution in [0.2, 0.25) is 0 Å². The third-order valence-corrected chi connectivity index (χ3v) is 1.81. The molecule has 15 heavy (non-hydrogen) atoms. The summed E-state index contributed by atoms with van der Waals surface area (Å²) >= 11 is 0. The van der Waals surface area contributed by atoms with Crippen LogP contribution in [0.25, 0.3) is 0 Å². The second-order valence-electron chi connectivity index (χ2n) is 3.02. The molecule has 0 spiro atoms. The second-order valence-corrected chi connectivity index (χ2v) is 3.02. The maximum absolute atomic E-state index is 11.2. The summed E-state index contributed by atoms with van der Waals surface area (Å²) in [6, 6.07) is 0. The average molecular weight is 209 g/mol. The Balaban J connectivity index is 4.44. The van der Waals surface area contributed by atoms with Crippen LogP contribution in [0.15, 0.2) is 37.1 Å². The van der Waals surface area contributed by atoms with Crippen molar-refractivity contribution in [2.75, 3.05) is 19.7 Å². The molecule has 3 heteroatoms. The van der Waals surface area contributed by atoms with E-state index in [1.165, 1.54) is 6.08 Å². The molecule has 0 fully saturated rings. The first-order chi connectivity index (χ1) is 7.15. The summed E-state index contributed by atoms with van der Waals surface area (Å²) in [6.45, 7) is 12.7. The smallest absolute Gasteiger partial charge is 0.332 e. The number of carbonyl (C=O) groups is 1. The molecular weight excluding hydrogens is 190 g/mol. The van der Waals surface area contributed by atoms with Gasteiger partial charge in [-0.1, -0.05) is 12.2 Å². The Hall–Kier alpha value is -1.51. The molecule has 3 nitrogen and oxygen atoms in total. The van der Waals surface area contributed by atoms with Gasteiger partial charge in [0.1, 0.15) is 0 Å². The van der Waals surface area contributed by atoms with E-state index in [4.69, 9.17) is 4.74 Å². The summed E-state index contributed by atoms with van der Waals surface area (Å²) in [7, 11) is 0. The number of ether oxygens (including phenoxy) is 1. The molecule has 0 aromatic heterocycles. The molecule has 0 atom stereocenters. The van der Waals surface area contributed by atoms with Crippen molar-refractivity contribution in [1.29, 1.82) is 0 Å². The first-order valence-electron chi connectivity index (χ1n) is 4.97. The van der Waals surface area contributed by atoms with E-state index in [1.807, 2.05) is 11.8 Å². The van der Waals surface area contributed by atoms with Crippen LogP contribution < -0.4 is 0 Å². The zero-order valence-electron chi connectivity index (χ0n) is 9.53. The summed E-state index contributed by atoms with van der Waals surface area (Å²) in [6.07, 6.45) is 5.05. The summed E-state index contributed by atoms with van der Waals surface area (Å²) in [5, 5.41) is 0. The molecule has 0 aliphatic carbocycles. The molecule has 0 radical (unpaired) electrons. The van der Waals surface area contributed by atoms with Gasteiger partial charge in [-0.3, -0.25) is 0 Å². The van der Waals surface area contributed by atoms with Gasteiger partial charge in [-0.05, 0) is 13.8 Å². The highest BCUT2D eigenvalue weighted by Gasteiger charge is 2.04. The number of nitrogens with zero attached hydrogens (tertiary/aromatic N) is 1. The average Bonchev–Trinajstić information content (AvgIpc) is 2.17. The minimum Gasteiger partial charge on any atom is -0.463 e. The van der Waals surface area contributed by atoms with Gasteiger partial charge in [0.15, 0.2) is 0 Å². The van der Waals surface area contributed by atoms with Gasteiger partial charge in [0.2, 0.25) is 0 Å². The molecule has 0 aromatic carbocycles. The largest absolute Gasteiger partial charge is 0.463 e. The van der Waals surface area contributed by atoms with Gasteiger partial charge in [-0.2, -0.15) is 0 Å². The van der Waals surface area contributed by atoms with Crippen LogP contribution in [-0.4, -0.2) is 30.6 Å². The molecule has 0 N–H and O–H groups in total. The fourth-order valence-electron chi connectivity index (χ4n) is 1.12. The lowest BCUT2D eigenvalue weighted by atomic mass is 10.3. The predicted octanol–water partition coefficient (Wildman–Crippen LogP) is 2.13. The third kappa shape index (κ3) is 5.73. The molecule has 0 heterocycles. The topological polar surface area (TPSA) is 29.5 Å². The Morgan fingerprint density at radius 1 is 1.33 bits per heavy atom. The summed E-state index contributed by atoms with van der Waals surface area (Å²) in [4.78, 5) is 13.2. The van der Waals surface area contributed by atoms with E-state index in [-0.39, 0.29) is 5.97 Å². The van der Waals surface area contributed by atoms with E-state index in [0.29, 0.717) is 19.7 Å². The molecule has 84 valence electrons. The minimum atomic E-state index is -0.312. The quantitative estimate of drug-likeness (QED) is 0.365. The molecule has 0 saturated carbocycles. The van der Waals surface area contributed by atoms with Crippen molar-refractivity contribution in [1.82, 2.24) is 4.90 Å². The molecule has 0 unspecified atom stereocenters. The highest BCUT2D eigenvalue weighted by molar-refractivity contribution is 5.82. The Morgan fingerprint density at radius 3 is 2.27 bits per heavy atom. The van der Waals surface area contributed by atoms with E-state index in [0.717, 1.165) is 5.70 Å². The van der Waals surface area contributed by atoms with Crippen LogP contribution in [0.4, 0.5) is 0 Å². The van der Waals surface area contributed by atoms with Crippen LogP contribution in [0.3, 0.4) is 0 Å². The zero-order chi connectivity index (χ0) is 11.7. The third-order valence-electron chi connectivity index (χ3n) is 1.81. The lowest BCUT2D eigenvalue weighted by molar-refractivity contribution is -0.137. The minimum absolute atomic E-state index is 0.312. The molecule has 0 aliphatic heterocycles. The van der Waals surface area contributed by atoms with Gasteiger partial charge < -0.3 is 9.64 Å². The highest BCUT2D eigenvalue weighted by Crippen LogP contribution is 2.03. The zero-order valence-corrected chi connectivity index (χ0v) is 9.53. The van der Waals surface area contributed by atoms with Gasteiger partial charge in [0.25, 0.3) is 0 Å². The second kappa shape index (κ2) is 7.85. The number of esters is 1. The maximum atomic E-state index is 11.2. The fraction of sp³-hybridized carbons (Fsp3) is 0.417. The van der Waals surface area contributed by atoms with E-state index in [1.54, 1.807) is 19.1 Å². The van der Waals surface area contributed by atoms with E-state index < -0.39 is 0 Å². The molecule has 0 aromatic rings. The fourth-order valence-corrected chi connectivity index (χ4v) is 1.12. The molecule has 0 aliphatic rings. The van der Waals surface area contributed by atoms with Crippen molar-refractivity contribution in [2.24, 2.45) is 0 Å². The van der Waals surface area contributed by atoms with Gasteiger partial charge in [-0.15, -0.1) is 13.2 Å². The lowest BCUT2D eigenvalue weighted by Crippen LogP contribution is -2.22. The van der Waals surface area contributed by atoms with Gasteiger partial charge in [-0.25, -0.2) is 4.79 Å². The van der Waals surface area contributed by atoms with Crippen molar-refractivity contribution in [3.63, 3.8) is 0 Å². The van der Waals surface area contributed by atoms with Crippen LogP contribution >= 0.6 is 0 Å². The number of allylic oxidation sites excluding steroid dienone is 1. The van der Waals surface area contributed by atoms with Crippen LogP contribution in [0.1, 0.15) is 13.8 Å². The van der Waals surface area contributed by atoms with E-state index >= 15 is 0 Å². The van der Waals surface area contributed by atoms with Crippen LogP contribution in [0, 0.1) is 0 Å². The Labute approximate surface area is 91.7 Å². The number of hydrogen-bond acceptors (Lipinski definition) is 3. The summed E-state index contributed by atoms with van der Waals surface area (Å²) < 4.78 is 4.83. The first kappa shape index (κ1) is 13.5. The van der Waals surface area contributed by atoms with E-state index in [9.17, 15) is 4.79 Å². The molecule has 0 amide bonds. The van der Waals surface area contributed by atoms with Gasteiger partial charge >= 0.3 is 5.97 Å². The molecule has 0 saturated heterocycles. The summed E-state index contributed by atoms with van der Waals surface area (Å²) in [5.41, 5.74) is 0.855. The standard InChI is InChI=1S/C12H19NO2/c1-5-8-13(9-6-2)11(4)10-12(14)15-7-3/h5-6,10H,1-2,7-9H2,3-4H3/b11-10-. The monoisotopic (exact) mass is 209 g/mol. The maximum Gasteiger partial charge on any atom is 0.332 e. The Bertz CT molecular complexity index is 246. The number of rotatable bonds is 7. The first-order valence-corrected chi connectivity index (χ1v) is 4.97. The molecule has 0 bridgehead atoms.